The molecule has 5 rings (SSSR count). The number of carbonyl (C=O) groups is 2. The number of rotatable bonds is 3. The summed E-state index contributed by atoms with van der Waals surface area (Å²) in [7, 11) is 2.82. The van der Waals surface area contributed by atoms with Crippen LogP contribution in [0.5, 0.6) is 11.5 Å². The number of halogens is 1. The van der Waals surface area contributed by atoms with Gasteiger partial charge in [-0.05, 0) is 25.8 Å². The molecule has 9 nitrogen and oxygen atoms in total. The third-order valence-corrected chi connectivity index (χ3v) is 8.68. The Morgan fingerprint density at radius 2 is 1.85 bits per heavy atom. The Kier molecular flexibility index (Phi) is 5.37. The summed E-state index contributed by atoms with van der Waals surface area (Å²) in [4.78, 5) is 28.6. The molecule has 0 radical (unpaired) electrons. The first-order chi connectivity index (χ1) is 16.2. The van der Waals surface area contributed by atoms with Crippen LogP contribution in [0.4, 0.5) is 0 Å². The minimum Gasteiger partial charge on any atom is -0.504 e. The number of allylic oxidation sites excluding steroid dienone is 2. The zero-order valence-electron chi connectivity index (χ0n) is 19.1. The van der Waals surface area contributed by atoms with E-state index in [1.54, 1.807) is 6.92 Å². The fraction of sp³-hybridized carbons (Fsp3) is 0.458. The van der Waals surface area contributed by atoms with Crippen molar-refractivity contribution < 1.29 is 29.3 Å². The molecule has 1 aromatic rings. The number of carbonyl (C=O) groups excluding carboxylic acids is 2. The van der Waals surface area contributed by atoms with E-state index in [1.807, 2.05) is 11.8 Å². The van der Waals surface area contributed by atoms with E-state index in [0.717, 1.165) is 10.0 Å². The molecule has 1 aliphatic carbocycles. The van der Waals surface area contributed by atoms with Gasteiger partial charge in [-0.25, -0.2) is 0 Å². The third kappa shape index (κ3) is 2.69. The van der Waals surface area contributed by atoms with E-state index in [-0.39, 0.29) is 35.3 Å². The van der Waals surface area contributed by atoms with E-state index in [1.165, 1.54) is 14.2 Å². The first-order valence-corrected chi connectivity index (χ1v) is 11.7. The molecule has 0 aromatic heterocycles. The first-order valence-electron chi connectivity index (χ1n) is 10.9. The van der Waals surface area contributed by atoms with Crippen LogP contribution in [0.2, 0.25) is 0 Å². The fourth-order valence-electron chi connectivity index (χ4n) is 6.20. The van der Waals surface area contributed by atoms with Gasteiger partial charge in [0, 0.05) is 38.4 Å². The molecular formula is C24H24BrN3O6. The van der Waals surface area contributed by atoms with Crippen LogP contribution in [0, 0.1) is 18.3 Å². The van der Waals surface area contributed by atoms with Crippen molar-refractivity contribution in [3.8, 4) is 17.6 Å². The summed E-state index contributed by atoms with van der Waals surface area (Å²) in [5, 5.41) is 35.2. The second kappa shape index (κ2) is 7.92. The minimum absolute atomic E-state index is 0.0208. The van der Waals surface area contributed by atoms with Crippen LogP contribution in [-0.2, 0) is 20.7 Å². The van der Waals surface area contributed by atoms with Gasteiger partial charge >= 0.3 is 0 Å². The summed E-state index contributed by atoms with van der Waals surface area (Å²) in [5.41, 5.74) is 2.81. The van der Waals surface area contributed by atoms with Crippen LogP contribution in [-0.4, -0.2) is 71.7 Å². The zero-order valence-corrected chi connectivity index (χ0v) is 20.7. The summed E-state index contributed by atoms with van der Waals surface area (Å²) < 4.78 is 11.4. The number of nitrogens with zero attached hydrogens (tertiary/aromatic N) is 2. The predicted molar refractivity (Wildman–Crippen MR) is 123 cm³/mol. The standard InChI is InChI=1S/C24H24BrN3O6/c1-8-17(25)10-5-11-18-16-15(20(30)9(2)24(34-4)22(16)32)19(27-18)12(6-26)28(11)13(7-29)14(10)21(31)23(8)33-3/h11-13,18-19,27,29,31H,5,7H2,1-4H3/t11-,12-,13-,18-,19-/m0/s1. The van der Waals surface area contributed by atoms with Gasteiger partial charge in [0.2, 0.25) is 5.78 Å². The lowest BCUT2D eigenvalue weighted by Gasteiger charge is -2.51. The van der Waals surface area contributed by atoms with Gasteiger partial charge < -0.3 is 19.7 Å². The number of nitrogens with one attached hydrogen (secondary N) is 1. The van der Waals surface area contributed by atoms with E-state index in [2.05, 4.69) is 27.3 Å². The Morgan fingerprint density at radius 3 is 2.44 bits per heavy atom. The molecule has 1 saturated heterocycles. The number of Topliss-reactive ketones (excluding diaryl/α,β-unsaturated/α-hetero) is 2. The van der Waals surface area contributed by atoms with Gasteiger partial charge in [0.25, 0.3) is 0 Å². The number of phenolic OH excluding ortho intramolecular Hbond substituents is 1. The van der Waals surface area contributed by atoms with Gasteiger partial charge in [0.15, 0.2) is 23.0 Å². The summed E-state index contributed by atoms with van der Waals surface area (Å²) in [6.45, 7) is 2.99. The molecule has 3 N–H and O–H groups in total. The van der Waals surface area contributed by atoms with Gasteiger partial charge in [-0.1, -0.05) is 15.9 Å². The topological polar surface area (TPSA) is 132 Å². The van der Waals surface area contributed by atoms with Crippen molar-refractivity contribution in [3.63, 3.8) is 0 Å². The molecule has 178 valence electrons. The number of phenols is 1. The number of methoxy groups -OCH3 is 2. The van der Waals surface area contributed by atoms with Crippen LogP contribution in [0.25, 0.3) is 0 Å². The van der Waals surface area contributed by atoms with Crippen LogP contribution in [0.1, 0.15) is 29.7 Å². The van der Waals surface area contributed by atoms with Crippen LogP contribution < -0.4 is 10.1 Å². The maximum Gasteiger partial charge on any atom is 0.226 e. The molecular weight excluding hydrogens is 506 g/mol. The van der Waals surface area contributed by atoms with Gasteiger partial charge in [-0.3, -0.25) is 19.8 Å². The third-order valence-electron chi connectivity index (χ3n) is 7.60. The number of nitriles is 1. The zero-order chi connectivity index (χ0) is 24.6. The first kappa shape index (κ1) is 23.1. The fourth-order valence-corrected chi connectivity index (χ4v) is 6.75. The highest BCUT2D eigenvalue weighted by Gasteiger charge is 2.59. The Morgan fingerprint density at radius 1 is 1.18 bits per heavy atom. The van der Waals surface area contributed by atoms with Gasteiger partial charge in [-0.2, -0.15) is 5.26 Å². The highest BCUT2D eigenvalue weighted by molar-refractivity contribution is 9.10. The highest BCUT2D eigenvalue weighted by atomic mass is 79.9. The normalized spacial score (nSPS) is 30.1. The van der Waals surface area contributed by atoms with Crippen LogP contribution in [0.3, 0.4) is 0 Å². The lowest BCUT2D eigenvalue weighted by molar-refractivity contribution is -0.118. The van der Waals surface area contributed by atoms with Crippen LogP contribution >= 0.6 is 15.9 Å². The maximum absolute atomic E-state index is 13.4. The van der Waals surface area contributed by atoms with Crippen molar-refractivity contribution in [2.75, 3.05) is 20.8 Å². The quantitative estimate of drug-likeness (QED) is 0.496. The van der Waals surface area contributed by atoms with Crippen molar-refractivity contribution in [1.82, 2.24) is 10.2 Å². The summed E-state index contributed by atoms with van der Waals surface area (Å²) in [6, 6.07) is -0.969. The molecule has 2 bridgehead atoms. The Balaban J connectivity index is 1.73. The summed E-state index contributed by atoms with van der Waals surface area (Å²) in [5.74, 6) is -0.435. The molecule has 0 unspecified atom stereocenters. The minimum atomic E-state index is -0.849. The maximum atomic E-state index is 13.4. The predicted octanol–water partition coefficient (Wildman–Crippen LogP) is 1.35. The molecule has 0 amide bonds. The second-order valence-electron chi connectivity index (χ2n) is 8.97. The van der Waals surface area contributed by atoms with E-state index in [0.29, 0.717) is 34.4 Å². The Labute approximate surface area is 204 Å². The van der Waals surface area contributed by atoms with Gasteiger partial charge in [-0.15, -0.1) is 0 Å². The van der Waals surface area contributed by atoms with Gasteiger partial charge in [0.05, 0.1) is 45.0 Å². The molecule has 1 fully saturated rings. The van der Waals surface area contributed by atoms with E-state index in [9.17, 15) is 25.1 Å². The molecule has 5 atom stereocenters. The summed E-state index contributed by atoms with van der Waals surface area (Å²) >= 11 is 3.63. The smallest absolute Gasteiger partial charge is 0.226 e. The molecule has 4 aliphatic rings. The van der Waals surface area contributed by atoms with Crippen molar-refractivity contribution in [2.24, 2.45) is 0 Å². The van der Waals surface area contributed by atoms with Crippen molar-refractivity contribution >= 4 is 27.5 Å². The molecule has 10 heteroatoms. The number of hydrogen-bond acceptors (Lipinski definition) is 9. The number of hydrogen-bond donors (Lipinski definition) is 3. The van der Waals surface area contributed by atoms with E-state index < -0.39 is 30.2 Å². The monoisotopic (exact) mass is 529 g/mol. The lowest BCUT2D eigenvalue weighted by Crippen LogP contribution is -2.67. The SMILES string of the molecule is COC1=C(C)C(=O)C2=C(C1=O)[C@H]1N[C@H]2[C@H](C#N)N2[C@@H](CO)c3c(O)c(OC)c(C)c(Br)c3C[C@@H]12. The van der Waals surface area contributed by atoms with E-state index >= 15 is 0 Å². The van der Waals surface area contributed by atoms with Crippen molar-refractivity contribution in [2.45, 2.75) is 50.5 Å². The number of fused-ring (bicyclic) bond motifs is 7. The molecule has 3 heterocycles. The number of piperazine rings is 1. The summed E-state index contributed by atoms with van der Waals surface area (Å²) in [6.07, 6.45) is 0.372. The number of aliphatic hydroxyl groups is 1. The Hall–Kier alpha value is -2.71. The second-order valence-corrected chi connectivity index (χ2v) is 9.76. The average Bonchev–Trinajstić information content (AvgIpc) is 3.17. The highest BCUT2D eigenvalue weighted by Crippen LogP contribution is 2.53. The number of aliphatic hydroxyl groups excluding tert-OH is 1. The number of benzene rings is 1. The Bertz CT molecular complexity index is 1260. The molecule has 0 saturated carbocycles. The number of aromatic hydroxyl groups is 1. The van der Waals surface area contributed by atoms with Crippen molar-refractivity contribution in [3.05, 3.63) is 43.6 Å². The molecule has 0 spiro atoms. The van der Waals surface area contributed by atoms with Crippen molar-refractivity contribution in [1.29, 1.82) is 5.26 Å². The van der Waals surface area contributed by atoms with Gasteiger partial charge in [0.1, 0.15) is 6.04 Å². The lowest BCUT2D eigenvalue weighted by atomic mass is 9.79. The van der Waals surface area contributed by atoms with Crippen LogP contribution in [0.15, 0.2) is 27.0 Å². The molecule has 1 aromatic carbocycles. The molecule has 3 aliphatic heterocycles. The largest absolute Gasteiger partial charge is 0.504 e. The number of ether oxygens (including phenoxy) is 2. The average molecular weight is 530 g/mol. The number of ketones is 2. The van der Waals surface area contributed by atoms with E-state index in [4.69, 9.17) is 9.47 Å². The molecule has 34 heavy (non-hydrogen) atoms.